The first-order valence-electron chi connectivity index (χ1n) is 7.14. The normalized spacial score (nSPS) is 13.7. The summed E-state index contributed by atoms with van der Waals surface area (Å²) in [7, 11) is 1.21. The number of nitrogens with one attached hydrogen (secondary N) is 2. The summed E-state index contributed by atoms with van der Waals surface area (Å²) in [6.07, 6.45) is 4.28. The van der Waals surface area contributed by atoms with E-state index < -0.39 is 11.9 Å². The van der Waals surface area contributed by atoms with Crippen molar-refractivity contribution in [1.82, 2.24) is 5.32 Å². The highest BCUT2D eigenvalue weighted by atomic mass is 35.5. The van der Waals surface area contributed by atoms with Crippen LogP contribution in [0.1, 0.15) is 23.2 Å². The van der Waals surface area contributed by atoms with Gasteiger partial charge in [-0.05, 0) is 37.0 Å². The summed E-state index contributed by atoms with van der Waals surface area (Å²) in [5.74, 6) is -0.946. The number of halogens is 1. The van der Waals surface area contributed by atoms with Crippen molar-refractivity contribution in [3.8, 4) is 0 Å². The molecule has 0 spiro atoms. The molecule has 0 unspecified atom stereocenters. The van der Waals surface area contributed by atoms with Gasteiger partial charge >= 0.3 is 5.97 Å². The lowest BCUT2D eigenvalue weighted by molar-refractivity contribution is -0.135. The molecule has 1 fully saturated rings. The lowest BCUT2D eigenvalue weighted by atomic mass is 10.1. The van der Waals surface area contributed by atoms with Gasteiger partial charge in [-0.25, -0.2) is 4.79 Å². The van der Waals surface area contributed by atoms with Crippen LogP contribution >= 0.6 is 11.6 Å². The highest BCUT2D eigenvalue weighted by Crippen LogP contribution is 2.28. The molecule has 6 nitrogen and oxygen atoms in total. The van der Waals surface area contributed by atoms with E-state index in [4.69, 9.17) is 11.6 Å². The molecular weight excluding hydrogens is 320 g/mol. The van der Waals surface area contributed by atoms with E-state index >= 15 is 0 Å². The Kier molecular flexibility index (Phi) is 5.76. The van der Waals surface area contributed by atoms with E-state index in [2.05, 4.69) is 15.4 Å². The van der Waals surface area contributed by atoms with E-state index in [0.717, 1.165) is 25.0 Å². The van der Waals surface area contributed by atoms with Gasteiger partial charge in [-0.3, -0.25) is 9.59 Å². The highest BCUT2D eigenvalue weighted by molar-refractivity contribution is 6.31. The van der Waals surface area contributed by atoms with Crippen LogP contribution in [-0.2, 0) is 14.3 Å². The summed E-state index contributed by atoms with van der Waals surface area (Å²) in [5.41, 5.74) is 0.597. The van der Waals surface area contributed by atoms with Crippen LogP contribution in [0.15, 0.2) is 30.4 Å². The van der Waals surface area contributed by atoms with Crippen LogP contribution in [-0.4, -0.2) is 31.4 Å². The molecule has 0 aliphatic heterocycles. The van der Waals surface area contributed by atoms with Gasteiger partial charge < -0.3 is 15.4 Å². The Morgan fingerprint density at radius 1 is 1.30 bits per heavy atom. The van der Waals surface area contributed by atoms with Crippen LogP contribution in [0.25, 0.3) is 0 Å². The number of hydrogen-bond acceptors (Lipinski definition) is 4. The van der Waals surface area contributed by atoms with E-state index in [-0.39, 0.29) is 11.5 Å². The van der Waals surface area contributed by atoms with Gasteiger partial charge in [0.2, 0.25) is 5.91 Å². The van der Waals surface area contributed by atoms with Gasteiger partial charge in [-0.2, -0.15) is 0 Å². The fourth-order valence-corrected chi connectivity index (χ4v) is 2.03. The summed E-state index contributed by atoms with van der Waals surface area (Å²) in [6, 6.07) is 4.60. The monoisotopic (exact) mass is 336 g/mol. The van der Waals surface area contributed by atoms with Gasteiger partial charge in [0.1, 0.15) is 0 Å². The van der Waals surface area contributed by atoms with Crippen LogP contribution in [0.3, 0.4) is 0 Å². The molecule has 1 saturated carbocycles. The minimum atomic E-state index is -0.640. The zero-order chi connectivity index (χ0) is 16.8. The van der Waals surface area contributed by atoms with Gasteiger partial charge in [0.05, 0.1) is 18.4 Å². The number of hydrogen-bond donors (Lipinski definition) is 2. The number of esters is 1. The molecule has 1 aromatic rings. The molecule has 7 heteroatoms. The van der Waals surface area contributed by atoms with Crippen LogP contribution in [0.4, 0.5) is 5.69 Å². The second kappa shape index (κ2) is 7.78. The molecule has 0 aromatic heterocycles. The average molecular weight is 337 g/mol. The first-order valence-corrected chi connectivity index (χ1v) is 7.52. The number of rotatable bonds is 6. The van der Waals surface area contributed by atoms with Gasteiger partial charge in [0.25, 0.3) is 5.91 Å². The van der Waals surface area contributed by atoms with Crippen LogP contribution in [0.2, 0.25) is 5.02 Å². The number of methoxy groups -OCH3 is 1. The SMILES string of the molecule is COC(=O)/C=C/C(=O)Nc1ccc(Cl)cc1C(=O)NCC1CC1. The zero-order valence-electron chi connectivity index (χ0n) is 12.6. The first kappa shape index (κ1) is 17.0. The highest BCUT2D eigenvalue weighted by Gasteiger charge is 2.22. The molecule has 1 aliphatic carbocycles. The summed E-state index contributed by atoms with van der Waals surface area (Å²) in [4.78, 5) is 35.0. The minimum Gasteiger partial charge on any atom is -0.466 e. The molecule has 1 aliphatic rings. The first-order chi connectivity index (χ1) is 11.0. The maximum absolute atomic E-state index is 12.2. The number of ether oxygens (including phenoxy) is 1. The second-order valence-electron chi connectivity index (χ2n) is 5.19. The fourth-order valence-electron chi connectivity index (χ4n) is 1.85. The Balaban J connectivity index is 2.07. The maximum atomic E-state index is 12.2. The van der Waals surface area contributed by atoms with Crippen molar-refractivity contribution in [3.05, 3.63) is 40.9 Å². The predicted molar refractivity (Wildman–Crippen MR) is 86.3 cm³/mol. The number of benzene rings is 1. The predicted octanol–water partition coefficient (Wildman–Crippen LogP) is 2.15. The van der Waals surface area contributed by atoms with Gasteiger partial charge in [-0.15, -0.1) is 0 Å². The molecule has 0 radical (unpaired) electrons. The smallest absolute Gasteiger partial charge is 0.330 e. The quantitative estimate of drug-likeness (QED) is 0.615. The Hall–Kier alpha value is -2.34. The molecule has 2 N–H and O–H groups in total. The summed E-state index contributed by atoms with van der Waals surface area (Å²) >= 11 is 5.93. The fraction of sp³-hybridized carbons (Fsp3) is 0.312. The van der Waals surface area contributed by atoms with Crippen molar-refractivity contribution in [2.75, 3.05) is 19.0 Å². The van der Waals surface area contributed by atoms with Crippen LogP contribution < -0.4 is 10.6 Å². The third kappa shape index (κ3) is 5.41. The molecule has 2 rings (SSSR count). The average Bonchev–Trinajstić information content (AvgIpc) is 3.36. The van der Waals surface area contributed by atoms with Gasteiger partial charge in [0.15, 0.2) is 0 Å². The lowest BCUT2D eigenvalue weighted by Gasteiger charge is -2.11. The van der Waals surface area contributed by atoms with Crippen LogP contribution in [0.5, 0.6) is 0 Å². The van der Waals surface area contributed by atoms with E-state index in [0.29, 0.717) is 23.2 Å². The minimum absolute atomic E-state index is 0.276. The number of carbonyl (C=O) groups is 3. The van der Waals surface area contributed by atoms with Crippen molar-refractivity contribution < 1.29 is 19.1 Å². The van der Waals surface area contributed by atoms with Crippen molar-refractivity contribution in [2.24, 2.45) is 5.92 Å². The Morgan fingerprint density at radius 2 is 2.04 bits per heavy atom. The summed E-state index contributed by atoms with van der Waals surface area (Å²) in [5, 5.41) is 5.76. The molecule has 23 heavy (non-hydrogen) atoms. The van der Waals surface area contributed by atoms with Gasteiger partial charge in [-0.1, -0.05) is 11.6 Å². The lowest BCUT2D eigenvalue weighted by Crippen LogP contribution is -2.27. The maximum Gasteiger partial charge on any atom is 0.330 e. The second-order valence-corrected chi connectivity index (χ2v) is 5.63. The molecule has 0 atom stereocenters. The van der Waals surface area contributed by atoms with Crippen LogP contribution in [0, 0.1) is 5.92 Å². The molecule has 2 amide bonds. The molecular formula is C16H17ClN2O4. The van der Waals surface area contributed by atoms with Crippen molar-refractivity contribution >= 4 is 35.1 Å². The number of carbonyl (C=O) groups excluding carboxylic acids is 3. The molecule has 0 bridgehead atoms. The zero-order valence-corrected chi connectivity index (χ0v) is 13.4. The Labute approximate surface area is 138 Å². The topological polar surface area (TPSA) is 84.5 Å². The molecule has 0 heterocycles. The van der Waals surface area contributed by atoms with Crippen molar-refractivity contribution in [2.45, 2.75) is 12.8 Å². The molecule has 122 valence electrons. The standard InChI is InChI=1S/C16H17ClN2O4/c1-23-15(21)7-6-14(20)19-13-5-4-11(17)8-12(13)16(22)18-9-10-2-3-10/h4-8,10H,2-3,9H2,1H3,(H,18,22)(H,19,20)/b7-6+. The molecule has 0 saturated heterocycles. The third-order valence-corrected chi connectivity index (χ3v) is 3.54. The van der Waals surface area contributed by atoms with E-state index in [1.165, 1.54) is 19.2 Å². The molecule has 1 aromatic carbocycles. The third-order valence-electron chi connectivity index (χ3n) is 3.30. The number of anilines is 1. The Bertz CT molecular complexity index is 653. The van der Waals surface area contributed by atoms with E-state index in [1.807, 2.05) is 0 Å². The van der Waals surface area contributed by atoms with Gasteiger partial charge in [0, 0.05) is 23.7 Å². The van der Waals surface area contributed by atoms with E-state index in [1.54, 1.807) is 6.07 Å². The van der Waals surface area contributed by atoms with Crippen molar-refractivity contribution in [3.63, 3.8) is 0 Å². The number of amides is 2. The summed E-state index contributed by atoms with van der Waals surface area (Å²) in [6.45, 7) is 0.612. The summed E-state index contributed by atoms with van der Waals surface area (Å²) < 4.78 is 4.40. The Morgan fingerprint density at radius 3 is 2.70 bits per heavy atom. The largest absolute Gasteiger partial charge is 0.466 e. The van der Waals surface area contributed by atoms with E-state index in [9.17, 15) is 14.4 Å². The van der Waals surface area contributed by atoms with Crippen molar-refractivity contribution in [1.29, 1.82) is 0 Å².